The van der Waals surface area contributed by atoms with Gasteiger partial charge in [-0.1, -0.05) is 0 Å². The molecule has 2 aliphatic carbocycles. The normalized spacial score (nSPS) is 19.4. The van der Waals surface area contributed by atoms with Crippen LogP contribution in [-0.4, -0.2) is 50.7 Å². The summed E-state index contributed by atoms with van der Waals surface area (Å²) < 4.78 is 5.52. The smallest absolute Gasteiger partial charge is 0.236 e. The van der Waals surface area contributed by atoms with E-state index in [0.717, 1.165) is 25.0 Å². The molecule has 0 aromatic heterocycles. The van der Waals surface area contributed by atoms with Crippen molar-refractivity contribution in [1.82, 2.24) is 10.2 Å². The second-order valence-corrected chi connectivity index (χ2v) is 5.41. The van der Waals surface area contributed by atoms with Gasteiger partial charge in [0, 0.05) is 20.2 Å². The molecule has 4 heteroatoms. The van der Waals surface area contributed by atoms with Gasteiger partial charge in [0.2, 0.25) is 5.91 Å². The van der Waals surface area contributed by atoms with Crippen LogP contribution < -0.4 is 5.32 Å². The zero-order valence-electron chi connectivity index (χ0n) is 10.8. The van der Waals surface area contributed by atoms with E-state index in [9.17, 15) is 4.79 Å². The Kier molecular flexibility index (Phi) is 4.80. The quantitative estimate of drug-likeness (QED) is 0.608. The number of likely N-dealkylation sites (N-methyl/N-ethyl adjacent to an activating group) is 1. The molecule has 17 heavy (non-hydrogen) atoms. The summed E-state index contributed by atoms with van der Waals surface area (Å²) in [6.45, 7) is 3.72. The Hall–Kier alpha value is -0.610. The number of carbonyl (C=O) groups is 1. The summed E-state index contributed by atoms with van der Waals surface area (Å²) in [5.74, 6) is 1.80. The molecule has 0 spiro atoms. The third-order valence-electron chi connectivity index (χ3n) is 3.45. The van der Waals surface area contributed by atoms with Crippen molar-refractivity contribution in [1.29, 1.82) is 0 Å². The van der Waals surface area contributed by atoms with Gasteiger partial charge in [-0.05, 0) is 44.1 Å². The molecule has 98 valence electrons. The summed E-state index contributed by atoms with van der Waals surface area (Å²) in [7, 11) is 1.85. The molecule has 1 amide bonds. The molecule has 2 rings (SSSR count). The number of ether oxygens (including phenoxy) is 1. The van der Waals surface area contributed by atoms with Gasteiger partial charge in [-0.25, -0.2) is 0 Å². The highest BCUT2D eigenvalue weighted by atomic mass is 16.5. The van der Waals surface area contributed by atoms with Crippen molar-refractivity contribution in [2.24, 2.45) is 11.8 Å². The first-order chi connectivity index (χ1) is 8.25. The molecule has 2 saturated carbocycles. The fourth-order valence-electron chi connectivity index (χ4n) is 1.70. The van der Waals surface area contributed by atoms with Gasteiger partial charge in [0.25, 0.3) is 0 Å². The number of nitrogens with one attached hydrogen (secondary N) is 1. The molecule has 0 aromatic carbocycles. The summed E-state index contributed by atoms with van der Waals surface area (Å²) in [6, 6.07) is 0. The predicted octanol–water partition coefficient (Wildman–Crippen LogP) is 0.871. The highest BCUT2D eigenvalue weighted by molar-refractivity contribution is 5.77. The molecule has 0 atom stereocenters. The van der Waals surface area contributed by atoms with Crippen LogP contribution in [0.3, 0.4) is 0 Å². The van der Waals surface area contributed by atoms with Crippen molar-refractivity contribution < 1.29 is 9.53 Å². The molecule has 2 fully saturated rings. The molecule has 0 saturated heterocycles. The monoisotopic (exact) mass is 240 g/mol. The number of rotatable bonds is 9. The Morgan fingerprint density at radius 3 is 2.65 bits per heavy atom. The minimum atomic E-state index is 0.167. The molecular formula is C13H24N2O2. The van der Waals surface area contributed by atoms with Gasteiger partial charge in [-0.3, -0.25) is 4.79 Å². The van der Waals surface area contributed by atoms with Gasteiger partial charge in [0.15, 0.2) is 0 Å². The lowest BCUT2D eigenvalue weighted by Gasteiger charge is -2.17. The van der Waals surface area contributed by atoms with E-state index < -0.39 is 0 Å². The average Bonchev–Trinajstić information content (AvgIpc) is 3.16. The molecular weight excluding hydrogens is 216 g/mol. The standard InChI is InChI=1S/C13H24N2O2/c1-15(6-7-17-10-12-4-5-12)13(16)9-14-8-11-2-3-11/h11-12,14H,2-10H2,1H3. The van der Waals surface area contributed by atoms with Crippen LogP contribution in [0.5, 0.6) is 0 Å². The van der Waals surface area contributed by atoms with Crippen molar-refractivity contribution in [2.45, 2.75) is 25.7 Å². The van der Waals surface area contributed by atoms with E-state index in [1.165, 1.54) is 25.7 Å². The maximum absolute atomic E-state index is 11.7. The third kappa shape index (κ3) is 5.50. The van der Waals surface area contributed by atoms with Crippen molar-refractivity contribution >= 4 is 5.91 Å². The minimum Gasteiger partial charge on any atom is -0.379 e. The van der Waals surface area contributed by atoms with E-state index in [1.807, 2.05) is 7.05 Å². The SMILES string of the molecule is CN(CCOCC1CC1)C(=O)CNCC1CC1. The van der Waals surface area contributed by atoms with Crippen molar-refractivity contribution in [2.75, 3.05) is 39.9 Å². The molecule has 1 N–H and O–H groups in total. The summed E-state index contributed by atoms with van der Waals surface area (Å²) >= 11 is 0. The Bertz CT molecular complexity index is 250. The fraction of sp³-hybridized carbons (Fsp3) is 0.923. The van der Waals surface area contributed by atoms with Gasteiger partial charge in [0.1, 0.15) is 0 Å². The van der Waals surface area contributed by atoms with E-state index >= 15 is 0 Å². The zero-order valence-corrected chi connectivity index (χ0v) is 10.8. The number of carbonyl (C=O) groups excluding carboxylic acids is 1. The highest BCUT2D eigenvalue weighted by Gasteiger charge is 2.22. The third-order valence-corrected chi connectivity index (χ3v) is 3.45. The van der Waals surface area contributed by atoms with Crippen LogP contribution in [0.1, 0.15) is 25.7 Å². The second-order valence-electron chi connectivity index (χ2n) is 5.41. The van der Waals surface area contributed by atoms with Crippen molar-refractivity contribution in [3.63, 3.8) is 0 Å². The van der Waals surface area contributed by atoms with Crippen LogP contribution in [0, 0.1) is 11.8 Å². The molecule has 0 radical (unpaired) electrons. The second kappa shape index (κ2) is 6.36. The maximum Gasteiger partial charge on any atom is 0.236 e. The molecule has 4 nitrogen and oxygen atoms in total. The van der Waals surface area contributed by atoms with Crippen molar-refractivity contribution in [3.8, 4) is 0 Å². The van der Waals surface area contributed by atoms with E-state index in [4.69, 9.17) is 4.74 Å². The van der Waals surface area contributed by atoms with E-state index in [-0.39, 0.29) is 5.91 Å². The van der Waals surface area contributed by atoms with Crippen LogP contribution >= 0.6 is 0 Å². The topological polar surface area (TPSA) is 41.6 Å². The number of nitrogens with zero attached hydrogens (tertiary/aromatic N) is 1. The van der Waals surface area contributed by atoms with Crippen LogP contribution in [0.15, 0.2) is 0 Å². The lowest BCUT2D eigenvalue weighted by atomic mass is 10.4. The summed E-state index contributed by atoms with van der Waals surface area (Å²) in [6.07, 6.45) is 5.29. The lowest BCUT2D eigenvalue weighted by Crippen LogP contribution is -2.38. The summed E-state index contributed by atoms with van der Waals surface area (Å²) in [5, 5.41) is 3.21. The Morgan fingerprint density at radius 1 is 1.29 bits per heavy atom. The van der Waals surface area contributed by atoms with Gasteiger partial charge in [-0.15, -0.1) is 0 Å². The molecule has 0 heterocycles. The zero-order chi connectivity index (χ0) is 12.1. The van der Waals surface area contributed by atoms with Gasteiger partial charge in [-0.2, -0.15) is 0 Å². The van der Waals surface area contributed by atoms with E-state index in [1.54, 1.807) is 4.90 Å². The van der Waals surface area contributed by atoms with Crippen molar-refractivity contribution in [3.05, 3.63) is 0 Å². The average molecular weight is 240 g/mol. The van der Waals surface area contributed by atoms with Crippen LogP contribution in [-0.2, 0) is 9.53 Å². The predicted molar refractivity (Wildman–Crippen MR) is 66.8 cm³/mol. The van der Waals surface area contributed by atoms with Crippen LogP contribution in [0.2, 0.25) is 0 Å². The first-order valence-electron chi connectivity index (χ1n) is 6.78. The number of hydrogen-bond acceptors (Lipinski definition) is 3. The van der Waals surface area contributed by atoms with Crippen LogP contribution in [0.4, 0.5) is 0 Å². The number of hydrogen-bond donors (Lipinski definition) is 1. The van der Waals surface area contributed by atoms with Gasteiger partial charge < -0.3 is 15.0 Å². The first kappa shape index (κ1) is 12.8. The maximum atomic E-state index is 11.7. The summed E-state index contributed by atoms with van der Waals surface area (Å²) in [5.41, 5.74) is 0. The first-order valence-corrected chi connectivity index (χ1v) is 6.78. The lowest BCUT2D eigenvalue weighted by molar-refractivity contribution is -0.129. The Balaban J connectivity index is 1.44. The summed E-state index contributed by atoms with van der Waals surface area (Å²) in [4.78, 5) is 13.4. The molecule has 0 unspecified atom stereocenters. The van der Waals surface area contributed by atoms with Crippen LogP contribution in [0.25, 0.3) is 0 Å². The minimum absolute atomic E-state index is 0.167. The Morgan fingerprint density at radius 2 is 2.00 bits per heavy atom. The van der Waals surface area contributed by atoms with E-state index in [2.05, 4.69) is 5.32 Å². The highest BCUT2D eigenvalue weighted by Crippen LogP contribution is 2.28. The largest absolute Gasteiger partial charge is 0.379 e. The number of amides is 1. The molecule has 0 bridgehead atoms. The fourth-order valence-corrected chi connectivity index (χ4v) is 1.70. The molecule has 0 aromatic rings. The Labute approximate surface area is 104 Å². The molecule has 0 aliphatic heterocycles. The van der Waals surface area contributed by atoms with Gasteiger partial charge >= 0.3 is 0 Å². The molecule has 2 aliphatic rings. The van der Waals surface area contributed by atoms with Gasteiger partial charge in [0.05, 0.1) is 13.2 Å². The van der Waals surface area contributed by atoms with E-state index in [0.29, 0.717) is 19.7 Å².